The molecule has 19 heavy (non-hydrogen) atoms. The normalized spacial score (nSPS) is 21.1. The minimum absolute atomic E-state index is 0.0249. The molecule has 0 spiro atoms. The van der Waals surface area contributed by atoms with Crippen LogP contribution in [0, 0.1) is 12.7 Å². The Labute approximate surface area is 111 Å². The van der Waals surface area contributed by atoms with Crippen LogP contribution in [0.25, 0.3) is 0 Å². The Morgan fingerprint density at radius 1 is 1.42 bits per heavy atom. The molecule has 0 bridgehead atoms. The van der Waals surface area contributed by atoms with Gasteiger partial charge in [-0.1, -0.05) is 0 Å². The number of amides is 2. The largest absolute Gasteiger partial charge is 0.334 e. The average Bonchev–Trinajstić information content (AvgIpc) is 2.63. The zero-order valence-electron chi connectivity index (χ0n) is 10.4. The molecule has 1 aromatic carbocycles. The van der Waals surface area contributed by atoms with Crippen molar-refractivity contribution in [3.63, 3.8) is 0 Å². The van der Waals surface area contributed by atoms with Gasteiger partial charge in [0.2, 0.25) is 0 Å². The molecule has 7 heteroatoms. The van der Waals surface area contributed by atoms with Crippen molar-refractivity contribution in [2.45, 2.75) is 19.4 Å². The minimum atomic E-state index is -3.02. The van der Waals surface area contributed by atoms with E-state index in [2.05, 4.69) is 10.6 Å². The first-order valence-corrected chi connectivity index (χ1v) is 7.72. The number of sulfone groups is 1. The Kier molecular flexibility index (Phi) is 3.75. The number of anilines is 1. The Morgan fingerprint density at radius 3 is 2.74 bits per heavy atom. The smallest absolute Gasteiger partial charge is 0.319 e. The Bertz CT molecular complexity index is 601. The highest BCUT2D eigenvalue weighted by Gasteiger charge is 2.28. The molecule has 1 aliphatic rings. The standard InChI is InChI=1S/C12H15FN2O3S/c1-8-6-9(2-3-11(8)13)14-12(16)15-10-4-5-19(17,18)7-10/h2-3,6,10H,4-5,7H2,1H3,(H2,14,15,16). The van der Waals surface area contributed by atoms with E-state index in [0.29, 0.717) is 17.7 Å². The molecule has 0 radical (unpaired) electrons. The number of hydrogen-bond donors (Lipinski definition) is 2. The van der Waals surface area contributed by atoms with Gasteiger partial charge in [-0.25, -0.2) is 17.6 Å². The number of benzene rings is 1. The topological polar surface area (TPSA) is 75.3 Å². The van der Waals surface area contributed by atoms with E-state index in [-0.39, 0.29) is 23.4 Å². The highest BCUT2D eigenvalue weighted by Crippen LogP contribution is 2.14. The molecule has 1 heterocycles. The SMILES string of the molecule is Cc1cc(NC(=O)NC2CCS(=O)(=O)C2)ccc1F. The summed E-state index contributed by atoms with van der Waals surface area (Å²) in [4.78, 5) is 11.7. The van der Waals surface area contributed by atoms with Crippen molar-refractivity contribution in [3.05, 3.63) is 29.6 Å². The van der Waals surface area contributed by atoms with E-state index in [1.54, 1.807) is 6.92 Å². The highest BCUT2D eigenvalue weighted by molar-refractivity contribution is 7.91. The van der Waals surface area contributed by atoms with E-state index >= 15 is 0 Å². The van der Waals surface area contributed by atoms with Crippen molar-refractivity contribution in [3.8, 4) is 0 Å². The third-order valence-electron chi connectivity index (χ3n) is 2.98. The fourth-order valence-corrected chi connectivity index (χ4v) is 3.66. The van der Waals surface area contributed by atoms with Crippen LogP contribution in [0.1, 0.15) is 12.0 Å². The zero-order chi connectivity index (χ0) is 14.0. The molecular weight excluding hydrogens is 271 g/mol. The summed E-state index contributed by atoms with van der Waals surface area (Å²) in [5.74, 6) is -0.260. The van der Waals surface area contributed by atoms with Gasteiger partial charge in [-0.05, 0) is 37.1 Å². The number of halogens is 1. The van der Waals surface area contributed by atoms with Crippen molar-refractivity contribution in [2.24, 2.45) is 0 Å². The summed E-state index contributed by atoms with van der Waals surface area (Å²) >= 11 is 0. The predicted molar refractivity (Wildman–Crippen MR) is 70.4 cm³/mol. The van der Waals surface area contributed by atoms with Crippen LogP contribution in [0.5, 0.6) is 0 Å². The molecule has 0 saturated carbocycles. The molecular formula is C12H15FN2O3S. The second-order valence-electron chi connectivity index (χ2n) is 4.66. The van der Waals surface area contributed by atoms with Gasteiger partial charge in [-0.2, -0.15) is 0 Å². The van der Waals surface area contributed by atoms with Crippen LogP contribution in [0.3, 0.4) is 0 Å². The molecule has 2 amide bonds. The summed E-state index contributed by atoms with van der Waals surface area (Å²) in [7, 11) is -3.02. The van der Waals surface area contributed by atoms with Gasteiger partial charge < -0.3 is 10.6 Å². The van der Waals surface area contributed by atoms with Gasteiger partial charge in [0.25, 0.3) is 0 Å². The van der Waals surface area contributed by atoms with Gasteiger partial charge in [0.05, 0.1) is 11.5 Å². The summed E-state index contributed by atoms with van der Waals surface area (Å²) < 4.78 is 35.6. The van der Waals surface area contributed by atoms with E-state index in [0.717, 1.165) is 0 Å². The van der Waals surface area contributed by atoms with E-state index in [9.17, 15) is 17.6 Å². The maximum atomic E-state index is 13.1. The van der Waals surface area contributed by atoms with Gasteiger partial charge in [0, 0.05) is 11.7 Å². The molecule has 5 nitrogen and oxygen atoms in total. The van der Waals surface area contributed by atoms with Crippen LogP contribution in [-0.2, 0) is 9.84 Å². The van der Waals surface area contributed by atoms with Crippen molar-refractivity contribution >= 4 is 21.6 Å². The molecule has 1 saturated heterocycles. The first-order chi connectivity index (χ1) is 8.85. The van der Waals surface area contributed by atoms with Gasteiger partial charge in [-0.15, -0.1) is 0 Å². The Hall–Kier alpha value is -1.63. The quantitative estimate of drug-likeness (QED) is 0.864. The average molecular weight is 286 g/mol. The van der Waals surface area contributed by atoms with E-state index in [1.165, 1.54) is 18.2 Å². The predicted octanol–water partition coefficient (Wildman–Crippen LogP) is 1.44. The second kappa shape index (κ2) is 5.16. The first kappa shape index (κ1) is 13.8. The third-order valence-corrected chi connectivity index (χ3v) is 4.75. The molecule has 1 aromatic rings. The lowest BCUT2D eigenvalue weighted by Gasteiger charge is -2.12. The molecule has 1 unspecified atom stereocenters. The molecule has 1 atom stereocenters. The molecule has 0 aliphatic carbocycles. The summed E-state index contributed by atoms with van der Waals surface area (Å²) in [5, 5.41) is 5.15. The molecule has 1 fully saturated rings. The van der Waals surface area contributed by atoms with Crippen LogP contribution in [0.15, 0.2) is 18.2 Å². The number of carbonyl (C=O) groups is 1. The number of rotatable bonds is 2. The van der Waals surface area contributed by atoms with Crippen molar-refractivity contribution in [1.82, 2.24) is 5.32 Å². The van der Waals surface area contributed by atoms with Crippen molar-refractivity contribution in [2.75, 3.05) is 16.8 Å². The maximum absolute atomic E-state index is 13.1. The summed E-state index contributed by atoms with van der Waals surface area (Å²) in [6.07, 6.45) is 0.429. The number of urea groups is 1. The zero-order valence-corrected chi connectivity index (χ0v) is 11.3. The van der Waals surface area contributed by atoms with Gasteiger partial charge in [0.15, 0.2) is 9.84 Å². The van der Waals surface area contributed by atoms with Crippen molar-refractivity contribution < 1.29 is 17.6 Å². The molecule has 2 rings (SSSR count). The van der Waals surface area contributed by atoms with Crippen LogP contribution in [0.4, 0.5) is 14.9 Å². The second-order valence-corrected chi connectivity index (χ2v) is 6.89. The van der Waals surface area contributed by atoms with Crippen molar-refractivity contribution in [1.29, 1.82) is 0 Å². The fraction of sp³-hybridized carbons (Fsp3) is 0.417. The molecule has 104 valence electrons. The molecule has 0 aromatic heterocycles. The van der Waals surface area contributed by atoms with E-state index in [1.807, 2.05) is 0 Å². The lowest BCUT2D eigenvalue weighted by molar-refractivity contribution is 0.249. The van der Waals surface area contributed by atoms with E-state index in [4.69, 9.17) is 0 Å². The van der Waals surface area contributed by atoms with E-state index < -0.39 is 15.9 Å². The van der Waals surface area contributed by atoms with Gasteiger partial charge in [-0.3, -0.25) is 0 Å². The van der Waals surface area contributed by atoms with Crippen LogP contribution >= 0.6 is 0 Å². The monoisotopic (exact) mass is 286 g/mol. The number of hydrogen-bond acceptors (Lipinski definition) is 3. The number of nitrogens with one attached hydrogen (secondary N) is 2. The summed E-state index contributed by atoms with van der Waals surface area (Å²) in [6.45, 7) is 1.60. The Balaban J connectivity index is 1.93. The summed E-state index contributed by atoms with van der Waals surface area (Å²) in [6, 6.07) is 3.40. The minimum Gasteiger partial charge on any atom is -0.334 e. The number of aryl methyl sites for hydroxylation is 1. The first-order valence-electron chi connectivity index (χ1n) is 5.90. The fourth-order valence-electron chi connectivity index (χ4n) is 1.98. The lowest BCUT2D eigenvalue weighted by Crippen LogP contribution is -2.38. The van der Waals surface area contributed by atoms with Gasteiger partial charge in [0.1, 0.15) is 5.82 Å². The summed E-state index contributed by atoms with van der Waals surface area (Å²) in [5.41, 5.74) is 0.901. The van der Waals surface area contributed by atoms with Crippen LogP contribution < -0.4 is 10.6 Å². The Morgan fingerprint density at radius 2 is 2.16 bits per heavy atom. The third kappa shape index (κ3) is 3.66. The van der Waals surface area contributed by atoms with Crippen LogP contribution in [0.2, 0.25) is 0 Å². The van der Waals surface area contributed by atoms with Gasteiger partial charge >= 0.3 is 6.03 Å². The van der Waals surface area contributed by atoms with Crippen LogP contribution in [-0.4, -0.2) is 32.0 Å². The highest BCUT2D eigenvalue weighted by atomic mass is 32.2. The number of carbonyl (C=O) groups excluding carboxylic acids is 1. The maximum Gasteiger partial charge on any atom is 0.319 e. The molecule has 1 aliphatic heterocycles. The lowest BCUT2D eigenvalue weighted by atomic mass is 10.2. The molecule has 2 N–H and O–H groups in total.